The van der Waals surface area contributed by atoms with Crippen LogP contribution in [0.3, 0.4) is 0 Å². The first kappa shape index (κ1) is 18.2. The lowest BCUT2D eigenvalue weighted by Gasteiger charge is -2.17. The lowest BCUT2D eigenvalue weighted by atomic mass is 9.88. The highest BCUT2D eigenvalue weighted by Gasteiger charge is 2.13. The Kier molecular flexibility index (Phi) is 8.30. The van der Waals surface area contributed by atoms with Crippen molar-refractivity contribution in [1.29, 1.82) is 0 Å². The predicted molar refractivity (Wildman–Crippen MR) is 88.3 cm³/mol. The highest BCUT2D eigenvalue weighted by atomic mass is 16.1. The summed E-state index contributed by atoms with van der Waals surface area (Å²) < 4.78 is 0. The van der Waals surface area contributed by atoms with Crippen molar-refractivity contribution in [3.8, 4) is 0 Å². The van der Waals surface area contributed by atoms with Gasteiger partial charge in [-0.3, -0.25) is 4.79 Å². The Balaban J connectivity index is 5.87. The van der Waals surface area contributed by atoms with Gasteiger partial charge in [-0.15, -0.1) is 0 Å². The van der Waals surface area contributed by atoms with E-state index in [0.29, 0.717) is 0 Å². The maximum absolute atomic E-state index is 11.4. The van der Waals surface area contributed by atoms with E-state index >= 15 is 0 Å². The lowest BCUT2D eigenvalue weighted by Crippen LogP contribution is -2.13. The predicted octanol–water partition coefficient (Wildman–Crippen LogP) is 4.61. The van der Waals surface area contributed by atoms with Crippen molar-refractivity contribution in [3.63, 3.8) is 0 Å². The molecule has 0 aliphatic rings. The minimum Gasteiger partial charge on any atom is -0.369 e. The first-order valence-corrected chi connectivity index (χ1v) is 7.04. The Hall–Kier alpha value is -1.83. The summed E-state index contributed by atoms with van der Waals surface area (Å²) in [7, 11) is 0. The van der Waals surface area contributed by atoms with Crippen LogP contribution in [0.25, 0.3) is 0 Å². The zero-order chi connectivity index (χ0) is 15.7. The average Bonchev–Trinajstić information content (AvgIpc) is 2.42. The summed E-state index contributed by atoms with van der Waals surface area (Å²) in [6, 6.07) is 0. The molecule has 0 aliphatic carbocycles. The molecule has 0 unspecified atom stereocenters. The van der Waals surface area contributed by atoms with Gasteiger partial charge in [0.05, 0.1) is 6.42 Å². The van der Waals surface area contributed by atoms with Crippen molar-refractivity contribution >= 4 is 5.91 Å². The zero-order valence-corrected chi connectivity index (χ0v) is 13.3. The summed E-state index contributed by atoms with van der Waals surface area (Å²) in [6.07, 6.45) is 7.56. The summed E-state index contributed by atoms with van der Waals surface area (Å²) >= 11 is 0. The monoisotopic (exact) mass is 273 g/mol. The molecule has 0 atom stereocenters. The molecule has 0 spiro atoms. The third-order valence-electron chi connectivity index (χ3n) is 3.48. The normalized spacial score (nSPS) is 13.8. The molecule has 0 saturated carbocycles. The lowest BCUT2D eigenvalue weighted by molar-refractivity contribution is -0.117. The number of primary amides is 1. The Bertz CT molecular complexity index is 476. The SMILES string of the molecule is C=C/C=C\C(=C)/C(C)=C(CC(N)=O)/C(CC)=C(\C)CC. The van der Waals surface area contributed by atoms with Crippen LogP contribution in [-0.2, 0) is 4.79 Å². The highest BCUT2D eigenvalue weighted by Crippen LogP contribution is 2.29. The Morgan fingerprint density at radius 2 is 1.75 bits per heavy atom. The fraction of sp³-hybridized carbons (Fsp3) is 0.389. The van der Waals surface area contributed by atoms with E-state index in [-0.39, 0.29) is 12.3 Å². The molecule has 20 heavy (non-hydrogen) atoms. The van der Waals surface area contributed by atoms with E-state index in [2.05, 4.69) is 33.9 Å². The fourth-order valence-corrected chi connectivity index (χ4v) is 2.13. The van der Waals surface area contributed by atoms with Crippen molar-refractivity contribution in [2.24, 2.45) is 5.73 Å². The van der Waals surface area contributed by atoms with E-state index in [1.165, 1.54) is 11.1 Å². The first-order chi connectivity index (χ1) is 9.38. The van der Waals surface area contributed by atoms with E-state index in [9.17, 15) is 4.79 Å². The summed E-state index contributed by atoms with van der Waals surface area (Å²) in [6.45, 7) is 16.0. The van der Waals surface area contributed by atoms with Gasteiger partial charge in [0.2, 0.25) is 5.91 Å². The smallest absolute Gasteiger partial charge is 0.221 e. The van der Waals surface area contributed by atoms with Crippen LogP contribution in [0.4, 0.5) is 0 Å². The second-order valence-corrected chi connectivity index (χ2v) is 4.83. The van der Waals surface area contributed by atoms with Crippen LogP contribution in [0.1, 0.15) is 47.0 Å². The second-order valence-electron chi connectivity index (χ2n) is 4.83. The first-order valence-electron chi connectivity index (χ1n) is 7.04. The van der Waals surface area contributed by atoms with Crippen molar-refractivity contribution in [3.05, 3.63) is 59.3 Å². The Labute approximate surface area is 123 Å². The molecule has 0 radical (unpaired) electrons. The van der Waals surface area contributed by atoms with Crippen LogP contribution in [0.5, 0.6) is 0 Å². The third-order valence-corrected chi connectivity index (χ3v) is 3.48. The summed E-state index contributed by atoms with van der Waals surface area (Å²) in [5.41, 5.74) is 10.8. The molecule has 2 heteroatoms. The molecule has 2 nitrogen and oxygen atoms in total. The molecule has 0 bridgehead atoms. The van der Waals surface area contributed by atoms with Gasteiger partial charge in [-0.05, 0) is 49.0 Å². The van der Waals surface area contributed by atoms with Gasteiger partial charge < -0.3 is 5.73 Å². The Morgan fingerprint density at radius 1 is 1.15 bits per heavy atom. The molecule has 0 heterocycles. The van der Waals surface area contributed by atoms with Gasteiger partial charge in [0.1, 0.15) is 0 Å². The molecule has 0 aromatic rings. The number of allylic oxidation sites excluding steroid dienone is 7. The topological polar surface area (TPSA) is 43.1 Å². The summed E-state index contributed by atoms with van der Waals surface area (Å²) in [4.78, 5) is 11.4. The summed E-state index contributed by atoms with van der Waals surface area (Å²) in [5, 5.41) is 0. The molecule has 2 N–H and O–H groups in total. The minimum absolute atomic E-state index is 0.257. The molecule has 0 aromatic carbocycles. The largest absolute Gasteiger partial charge is 0.369 e. The van der Waals surface area contributed by atoms with Crippen LogP contribution in [-0.4, -0.2) is 5.91 Å². The third kappa shape index (κ3) is 5.43. The van der Waals surface area contributed by atoms with Gasteiger partial charge in [0.15, 0.2) is 0 Å². The van der Waals surface area contributed by atoms with Crippen LogP contribution in [0, 0.1) is 0 Å². The van der Waals surface area contributed by atoms with Crippen molar-refractivity contribution in [1.82, 2.24) is 0 Å². The molecule has 110 valence electrons. The molecule has 0 saturated heterocycles. The average molecular weight is 273 g/mol. The van der Waals surface area contributed by atoms with Crippen LogP contribution < -0.4 is 5.73 Å². The zero-order valence-electron chi connectivity index (χ0n) is 13.3. The molecule has 0 aliphatic heterocycles. The van der Waals surface area contributed by atoms with Crippen molar-refractivity contribution in [2.45, 2.75) is 47.0 Å². The molecule has 1 amide bonds. The van der Waals surface area contributed by atoms with E-state index in [4.69, 9.17) is 5.73 Å². The number of rotatable bonds is 8. The standard InChI is InChI=1S/C18H27NO/c1-7-10-11-14(5)15(6)17(12-18(19)20)16(9-3)13(4)8-2/h7,10-11H,1,5,8-9,12H2,2-4,6H3,(H2,19,20)/b11-10-,16-13+,17-15+. The maximum atomic E-state index is 11.4. The molecule has 0 aromatic heterocycles. The summed E-state index contributed by atoms with van der Waals surface area (Å²) in [5.74, 6) is -0.310. The number of hydrogen-bond acceptors (Lipinski definition) is 1. The number of carbonyl (C=O) groups excluding carboxylic acids is 1. The van der Waals surface area contributed by atoms with Gasteiger partial charge >= 0.3 is 0 Å². The van der Waals surface area contributed by atoms with Gasteiger partial charge in [0.25, 0.3) is 0 Å². The van der Waals surface area contributed by atoms with Crippen LogP contribution in [0.15, 0.2) is 59.3 Å². The van der Waals surface area contributed by atoms with Gasteiger partial charge in [-0.25, -0.2) is 0 Å². The second kappa shape index (κ2) is 9.13. The molecule has 0 rings (SSSR count). The van der Waals surface area contributed by atoms with Gasteiger partial charge in [-0.1, -0.05) is 50.8 Å². The van der Waals surface area contributed by atoms with Gasteiger partial charge in [0, 0.05) is 0 Å². The highest BCUT2D eigenvalue weighted by molar-refractivity contribution is 5.78. The van der Waals surface area contributed by atoms with Gasteiger partial charge in [-0.2, -0.15) is 0 Å². The number of hydrogen-bond donors (Lipinski definition) is 1. The number of nitrogens with two attached hydrogens (primary N) is 1. The van der Waals surface area contributed by atoms with E-state index in [1.54, 1.807) is 6.08 Å². The van der Waals surface area contributed by atoms with Crippen molar-refractivity contribution in [2.75, 3.05) is 0 Å². The number of carbonyl (C=O) groups is 1. The van der Waals surface area contributed by atoms with E-state index in [1.807, 2.05) is 19.1 Å². The minimum atomic E-state index is -0.310. The molecule has 0 fully saturated rings. The quantitative estimate of drug-likeness (QED) is 0.645. The molecular formula is C18H27NO. The van der Waals surface area contributed by atoms with Crippen LogP contribution >= 0.6 is 0 Å². The fourth-order valence-electron chi connectivity index (χ4n) is 2.13. The van der Waals surface area contributed by atoms with Crippen molar-refractivity contribution < 1.29 is 4.79 Å². The van der Waals surface area contributed by atoms with E-state index < -0.39 is 0 Å². The maximum Gasteiger partial charge on any atom is 0.221 e. The van der Waals surface area contributed by atoms with Crippen LogP contribution in [0.2, 0.25) is 0 Å². The Morgan fingerprint density at radius 3 is 2.15 bits per heavy atom. The van der Waals surface area contributed by atoms with E-state index in [0.717, 1.165) is 29.6 Å². The number of amides is 1. The molecular weight excluding hydrogens is 246 g/mol.